The molecule has 0 aliphatic heterocycles. The molecule has 0 aliphatic carbocycles. The minimum Gasteiger partial charge on any atom is -0.399 e. The summed E-state index contributed by atoms with van der Waals surface area (Å²) in [5.41, 5.74) is 3.62. The lowest BCUT2D eigenvalue weighted by atomic mass is 10.2. The van der Waals surface area contributed by atoms with Crippen molar-refractivity contribution < 1.29 is 35.1 Å². The lowest BCUT2D eigenvalue weighted by molar-refractivity contribution is -0.139. The normalized spacial score (nSPS) is 11.6. The molecule has 1 rings (SSSR count). The quantitative estimate of drug-likeness (QED) is 0.381. The standard InChI is InChI=1S/C7H5F4N.H2O4S/c8-6-2-1-4(12)3-5(6)7(9,10)11;1-5(2,3)4/h1-3H,12H2;(H2,1,2,3,4). The molecule has 0 saturated heterocycles. The van der Waals surface area contributed by atoms with Gasteiger partial charge in [0, 0.05) is 5.69 Å². The summed E-state index contributed by atoms with van der Waals surface area (Å²) >= 11 is 0. The highest BCUT2D eigenvalue weighted by atomic mass is 32.3. The third-order valence-electron chi connectivity index (χ3n) is 1.30. The number of benzene rings is 1. The average Bonchev–Trinajstić information content (AvgIpc) is 2.04. The molecule has 17 heavy (non-hydrogen) atoms. The van der Waals surface area contributed by atoms with Gasteiger partial charge in [0.1, 0.15) is 5.82 Å². The van der Waals surface area contributed by atoms with Crippen LogP contribution < -0.4 is 5.73 Å². The number of hydrogen-bond donors (Lipinski definition) is 3. The van der Waals surface area contributed by atoms with Crippen LogP contribution in [0, 0.1) is 5.82 Å². The molecule has 0 atom stereocenters. The minimum atomic E-state index is -4.68. The monoisotopic (exact) mass is 277 g/mol. The number of anilines is 1. The minimum absolute atomic E-state index is 0.108. The molecule has 0 saturated carbocycles. The van der Waals surface area contributed by atoms with Crippen molar-refractivity contribution in [1.82, 2.24) is 0 Å². The van der Waals surface area contributed by atoms with Crippen molar-refractivity contribution >= 4 is 16.1 Å². The fourth-order valence-electron chi connectivity index (χ4n) is 0.760. The number of rotatable bonds is 0. The van der Waals surface area contributed by atoms with Gasteiger partial charge in [-0.3, -0.25) is 9.11 Å². The Kier molecular flexibility index (Phi) is 4.86. The van der Waals surface area contributed by atoms with E-state index in [1.165, 1.54) is 0 Å². The van der Waals surface area contributed by atoms with E-state index in [9.17, 15) is 17.6 Å². The van der Waals surface area contributed by atoms with Gasteiger partial charge in [-0.25, -0.2) is 4.39 Å². The molecule has 1 aromatic carbocycles. The van der Waals surface area contributed by atoms with Gasteiger partial charge in [0.2, 0.25) is 0 Å². The van der Waals surface area contributed by atoms with E-state index in [1.807, 2.05) is 0 Å². The van der Waals surface area contributed by atoms with Gasteiger partial charge in [-0.15, -0.1) is 0 Å². The van der Waals surface area contributed by atoms with E-state index >= 15 is 0 Å². The molecular weight excluding hydrogens is 270 g/mol. The summed E-state index contributed by atoms with van der Waals surface area (Å²) in [6, 6.07) is 2.33. The zero-order chi connectivity index (χ0) is 13.9. The molecule has 98 valence electrons. The molecule has 0 fully saturated rings. The van der Waals surface area contributed by atoms with E-state index in [2.05, 4.69) is 0 Å². The lowest BCUT2D eigenvalue weighted by Gasteiger charge is -2.07. The van der Waals surface area contributed by atoms with Gasteiger partial charge in [-0.2, -0.15) is 21.6 Å². The Morgan fingerprint density at radius 1 is 1.18 bits per heavy atom. The maximum atomic E-state index is 12.5. The lowest BCUT2D eigenvalue weighted by Crippen LogP contribution is -2.08. The van der Waals surface area contributed by atoms with Gasteiger partial charge in [0.15, 0.2) is 0 Å². The van der Waals surface area contributed by atoms with Crippen LogP contribution in [-0.2, 0) is 16.6 Å². The molecular formula is C7H7F4NO4S. The van der Waals surface area contributed by atoms with Gasteiger partial charge in [-0.1, -0.05) is 0 Å². The highest BCUT2D eigenvalue weighted by Gasteiger charge is 2.33. The third kappa shape index (κ3) is 7.49. The summed E-state index contributed by atoms with van der Waals surface area (Å²) in [5, 5.41) is 0. The third-order valence-corrected chi connectivity index (χ3v) is 1.30. The zero-order valence-electron chi connectivity index (χ0n) is 7.94. The molecule has 1 aromatic rings. The predicted molar refractivity (Wildman–Crippen MR) is 50.0 cm³/mol. The molecule has 0 amide bonds. The van der Waals surface area contributed by atoms with Gasteiger partial charge < -0.3 is 5.73 Å². The molecule has 4 N–H and O–H groups in total. The Morgan fingerprint density at radius 3 is 1.88 bits per heavy atom. The topological polar surface area (TPSA) is 101 Å². The summed E-state index contributed by atoms with van der Waals surface area (Å²) in [5.74, 6) is -1.31. The molecule has 0 aliphatic rings. The summed E-state index contributed by atoms with van der Waals surface area (Å²) in [6.45, 7) is 0. The van der Waals surface area contributed by atoms with Gasteiger partial charge in [-0.05, 0) is 18.2 Å². The number of nitrogen functional groups attached to an aromatic ring is 1. The van der Waals surface area contributed by atoms with Gasteiger partial charge >= 0.3 is 16.6 Å². The zero-order valence-corrected chi connectivity index (χ0v) is 8.76. The van der Waals surface area contributed by atoms with Crippen LogP contribution in [0.3, 0.4) is 0 Å². The fourth-order valence-corrected chi connectivity index (χ4v) is 0.760. The highest BCUT2D eigenvalue weighted by Crippen LogP contribution is 2.32. The van der Waals surface area contributed by atoms with E-state index in [0.717, 1.165) is 6.07 Å². The highest BCUT2D eigenvalue weighted by molar-refractivity contribution is 7.79. The molecule has 5 nitrogen and oxygen atoms in total. The molecule has 0 unspecified atom stereocenters. The molecule has 0 bridgehead atoms. The van der Waals surface area contributed by atoms with E-state index in [1.54, 1.807) is 0 Å². The van der Waals surface area contributed by atoms with Crippen LogP contribution in [0.2, 0.25) is 0 Å². The second-order valence-corrected chi connectivity index (χ2v) is 3.58. The summed E-state index contributed by atoms with van der Waals surface area (Å²) in [6.07, 6.45) is -4.68. The number of halogens is 4. The SMILES string of the molecule is Nc1ccc(F)c(C(F)(F)F)c1.O=S(=O)(O)O. The van der Waals surface area contributed by atoms with E-state index in [-0.39, 0.29) is 5.69 Å². The molecule has 0 spiro atoms. The Balaban J connectivity index is 0.000000437. The van der Waals surface area contributed by atoms with Crippen molar-refractivity contribution in [2.45, 2.75) is 6.18 Å². The van der Waals surface area contributed by atoms with E-state index < -0.39 is 28.0 Å². The Hall–Kier alpha value is -1.39. The van der Waals surface area contributed by atoms with E-state index in [0.29, 0.717) is 12.1 Å². The first-order valence-corrected chi connectivity index (χ1v) is 5.13. The summed E-state index contributed by atoms with van der Waals surface area (Å²) < 4.78 is 79.9. The molecule has 0 radical (unpaired) electrons. The largest absolute Gasteiger partial charge is 0.419 e. The van der Waals surface area contributed by atoms with Crippen molar-refractivity contribution in [1.29, 1.82) is 0 Å². The summed E-state index contributed by atoms with van der Waals surface area (Å²) in [4.78, 5) is 0. The van der Waals surface area contributed by atoms with Crippen LogP contribution in [0.1, 0.15) is 5.56 Å². The van der Waals surface area contributed by atoms with Gasteiger partial charge in [0.05, 0.1) is 5.56 Å². The van der Waals surface area contributed by atoms with Crippen molar-refractivity contribution in [3.05, 3.63) is 29.6 Å². The molecule has 0 heterocycles. The van der Waals surface area contributed by atoms with Crippen molar-refractivity contribution in [3.8, 4) is 0 Å². The van der Waals surface area contributed by atoms with Crippen LogP contribution in [-0.4, -0.2) is 17.5 Å². The number of alkyl halides is 3. The summed E-state index contributed by atoms with van der Waals surface area (Å²) in [7, 11) is -4.67. The smallest absolute Gasteiger partial charge is 0.399 e. The van der Waals surface area contributed by atoms with Gasteiger partial charge in [0.25, 0.3) is 0 Å². The maximum Gasteiger partial charge on any atom is 0.419 e. The van der Waals surface area contributed by atoms with Crippen LogP contribution in [0.25, 0.3) is 0 Å². The molecule has 10 heteroatoms. The van der Waals surface area contributed by atoms with Crippen LogP contribution in [0.5, 0.6) is 0 Å². The van der Waals surface area contributed by atoms with Crippen LogP contribution in [0.15, 0.2) is 18.2 Å². The average molecular weight is 277 g/mol. The van der Waals surface area contributed by atoms with Crippen molar-refractivity contribution in [3.63, 3.8) is 0 Å². The fraction of sp³-hybridized carbons (Fsp3) is 0.143. The maximum absolute atomic E-state index is 12.5. The first kappa shape index (κ1) is 15.6. The van der Waals surface area contributed by atoms with Crippen molar-refractivity contribution in [2.24, 2.45) is 0 Å². The Labute approximate surface area is 93.4 Å². The van der Waals surface area contributed by atoms with Crippen LogP contribution >= 0.6 is 0 Å². The number of hydrogen-bond acceptors (Lipinski definition) is 3. The number of nitrogens with two attached hydrogens (primary N) is 1. The second-order valence-electron chi connectivity index (χ2n) is 2.68. The first-order valence-electron chi connectivity index (χ1n) is 3.73. The first-order chi connectivity index (χ1) is 7.41. The van der Waals surface area contributed by atoms with Crippen LogP contribution in [0.4, 0.5) is 23.2 Å². The van der Waals surface area contributed by atoms with E-state index in [4.69, 9.17) is 23.3 Å². The molecule has 0 aromatic heterocycles. The Morgan fingerprint density at radius 2 is 1.59 bits per heavy atom. The Bertz CT molecular complexity index is 477. The second kappa shape index (κ2) is 5.29. The predicted octanol–water partition coefficient (Wildman–Crippen LogP) is 1.77. The van der Waals surface area contributed by atoms with Crippen molar-refractivity contribution in [2.75, 3.05) is 5.73 Å².